The van der Waals surface area contributed by atoms with Crippen LogP contribution in [0.5, 0.6) is 0 Å². The first-order valence-corrected chi connectivity index (χ1v) is 11.5. The van der Waals surface area contributed by atoms with Gasteiger partial charge in [0.25, 0.3) is 10.0 Å². The van der Waals surface area contributed by atoms with Gasteiger partial charge in [-0.1, -0.05) is 17.7 Å². The van der Waals surface area contributed by atoms with Crippen molar-refractivity contribution >= 4 is 38.9 Å². The number of halogens is 3. The van der Waals surface area contributed by atoms with E-state index in [4.69, 9.17) is 11.6 Å². The van der Waals surface area contributed by atoms with Crippen molar-refractivity contribution in [1.82, 2.24) is 0 Å². The van der Waals surface area contributed by atoms with Crippen LogP contribution in [0.25, 0.3) is 0 Å². The van der Waals surface area contributed by atoms with Crippen molar-refractivity contribution in [3.8, 4) is 0 Å². The Morgan fingerprint density at radius 3 is 2.16 bits per heavy atom. The third kappa shape index (κ3) is 5.63. The topological polar surface area (TPSA) is 66.5 Å². The highest BCUT2D eigenvalue weighted by Crippen LogP contribution is 2.27. The SMILES string of the molecule is Cc1cc(C)cc(N(CCC(=O)Nc2ccc(F)c(F)c2)S(=O)(=O)c2ccc(Cl)cc2)c1. The molecule has 168 valence electrons. The molecule has 3 rings (SSSR count). The van der Waals surface area contributed by atoms with E-state index in [-0.39, 0.29) is 23.5 Å². The van der Waals surface area contributed by atoms with Crippen molar-refractivity contribution in [2.24, 2.45) is 0 Å². The highest BCUT2D eigenvalue weighted by Gasteiger charge is 2.26. The minimum Gasteiger partial charge on any atom is -0.326 e. The maximum atomic E-state index is 13.4. The molecule has 0 aromatic heterocycles. The molecule has 0 saturated carbocycles. The summed E-state index contributed by atoms with van der Waals surface area (Å²) in [6, 6.07) is 14.1. The van der Waals surface area contributed by atoms with Gasteiger partial charge in [-0.3, -0.25) is 9.10 Å². The van der Waals surface area contributed by atoms with Crippen LogP contribution < -0.4 is 9.62 Å². The number of hydrogen-bond donors (Lipinski definition) is 1. The summed E-state index contributed by atoms with van der Waals surface area (Å²) >= 11 is 5.89. The molecule has 5 nitrogen and oxygen atoms in total. The third-order valence-corrected chi connectivity index (χ3v) is 6.73. The molecule has 0 radical (unpaired) electrons. The van der Waals surface area contributed by atoms with Gasteiger partial charge >= 0.3 is 0 Å². The van der Waals surface area contributed by atoms with Gasteiger partial charge in [-0.25, -0.2) is 17.2 Å². The number of sulfonamides is 1. The summed E-state index contributed by atoms with van der Waals surface area (Å²) in [5, 5.41) is 2.85. The zero-order chi connectivity index (χ0) is 23.5. The largest absolute Gasteiger partial charge is 0.326 e. The number of anilines is 2. The maximum absolute atomic E-state index is 13.4. The van der Waals surface area contributed by atoms with Crippen LogP contribution in [0, 0.1) is 25.5 Å². The molecule has 1 N–H and O–H groups in total. The standard InChI is InChI=1S/C23H21ClF2N2O3S/c1-15-11-16(2)13-19(12-15)28(32(30,31)20-6-3-17(24)4-7-20)10-9-23(29)27-18-5-8-21(25)22(26)14-18/h3-8,11-14H,9-10H2,1-2H3,(H,27,29). The van der Waals surface area contributed by atoms with Gasteiger partial charge in [0, 0.05) is 29.7 Å². The fraction of sp³-hybridized carbons (Fsp3) is 0.174. The lowest BCUT2D eigenvalue weighted by Crippen LogP contribution is -2.34. The molecule has 0 fully saturated rings. The number of aryl methyl sites for hydroxylation is 2. The second-order valence-electron chi connectivity index (χ2n) is 7.30. The van der Waals surface area contributed by atoms with E-state index in [0.717, 1.165) is 27.6 Å². The summed E-state index contributed by atoms with van der Waals surface area (Å²) < 4.78 is 54.4. The van der Waals surface area contributed by atoms with E-state index in [1.807, 2.05) is 19.9 Å². The highest BCUT2D eigenvalue weighted by molar-refractivity contribution is 7.92. The minimum atomic E-state index is -4.00. The van der Waals surface area contributed by atoms with E-state index in [2.05, 4.69) is 5.32 Å². The summed E-state index contributed by atoms with van der Waals surface area (Å²) in [5.74, 6) is -2.67. The van der Waals surface area contributed by atoms with Gasteiger partial charge in [0.05, 0.1) is 10.6 Å². The van der Waals surface area contributed by atoms with Gasteiger partial charge in [0.15, 0.2) is 11.6 Å². The molecule has 0 saturated heterocycles. The van der Waals surface area contributed by atoms with Crippen molar-refractivity contribution in [3.05, 3.63) is 88.4 Å². The predicted octanol–water partition coefficient (Wildman–Crippen LogP) is 5.46. The van der Waals surface area contributed by atoms with Crippen molar-refractivity contribution < 1.29 is 22.0 Å². The number of benzene rings is 3. The smallest absolute Gasteiger partial charge is 0.264 e. The van der Waals surface area contributed by atoms with Crippen LogP contribution in [0.4, 0.5) is 20.2 Å². The summed E-state index contributed by atoms with van der Waals surface area (Å²) in [5.41, 5.74) is 2.22. The van der Waals surface area contributed by atoms with E-state index >= 15 is 0 Å². The summed E-state index contributed by atoms with van der Waals surface area (Å²) in [4.78, 5) is 12.4. The fourth-order valence-electron chi connectivity index (χ4n) is 3.22. The molecular weight excluding hydrogens is 458 g/mol. The lowest BCUT2D eigenvalue weighted by molar-refractivity contribution is -0.116. The molecule has 0 bridgehead atoms. The van der Waals surface area contributed by atoms with E-state index < -0.39 is 27.6 Å². The number of amides is 1. The normalized spacial score (nSPS) is 11.3. The van der Waals surface area contributed by atoms with Crippen LogP contribution in [0.1, 0.15) is 17.5 Å². The Hall–Kier alpha value is -2.97. The molecule has 0 aliphatic rings. The molecule has 3 aromatic carbocycles. The first-order chi connectivity index (χ1) is 15.1. The highest BCUT2D eigenvalue weighted by atomic mass is 35.5. The van der Waals surface area contributed by atoms with E-state index in [0.29, 0.717) is 10.7 Å². The van der Waals surface area contributed by atoms with Crippen LogP contribution >= 0.6 is 11.6 Å². The van der Waals surface area contributed by atoms with Crippen molar-refractivity contribution in [2.75, 3.05) is 16.2 Å². The molecule has 0 spiro atoms. The van der Waals surface area contributed by atoms with Crippen LogP contribution in [0.2, 0.25) is 5.02 Å². The lowest BCUT2D eigenvalue weighted by Gasteiger charge is -2.25. The average molecular weight is 479 g/mol. The maximum Gasteiger partial charge on any atom is 0.264 e. The second kappa shape index (κ2) is 9.67. The molecule has 0 unspecified atom stereocenters. The van der Waals surface area contributed by atoms with E-state index in [1.165, 1.54) is 30.3 Å². The van der Waals surface area contributed by atoms with Gasteiger partial charge < -0.3 is 5.32 Å². The first kappa shape index (κ1) is 23.7. The lowest BCUT2D eigenvalue weighted by atomic mass is 10.1. The fourth-order valence-corrected chi connectivity index (χ4v) is 4.79. The number of carbonyl (C=O) groups is 1. The molecule has 1 amide bonds. The summed E-state index contributed by atoms with van der Waals surface area (Å²) in [7, 11) is -4.00. The Kier molecular flexibility index (Phi) is 7.16. The third-order valence-electron chi connectivity index (χ3n) is 4.64. The Balaban J connectivity index is 1.88. The van der Waals surface area contributed by atoms with Gasteiger partial charge in [-0.2, -0.15) is 0 Å². The molecular formula is C23H21ClF2N2O3S. The molecule has 3 aromatic rings. The van der Waals surface area contributed by atoms with Crippen molar-refractivity contribution in [1.29, 1.82) is 0 Å². The van der Waals surface area contributed by atoms with Crippen LogP contribution in [-0.4, -0.2) is 20.9 Å². The van der Waals surface area contributed by atoms with E-state index in [9.17, 15) is 22.0 Å². The Bertz CT molecular complexity index is 1230. The Labute approximate surface area is 190 Å². The first-order valence-electron chi connectivity index (χ1n) is 9.68. The number of carbonyl (C=O) groups excluding carboxylic acids is 1. The van der Waals surface area contributed by atoms with Gasteiger partial charge in [0.2, 0.25) is 5.91 Å². The summed E-state index contributed by atoms with van der Waals surface area (Å²) in [6.45, 7) is 3.53. The molecule has 9 heteroatoms. The van der Waals surface area contributed by atoms with Crippen molar-refractivity contribution in [3.63, 3.8) is 0 Å². The number of nitrogens with one attached hydrogen (secondary N) is 1. The number of nitrogens with zero attached hydrogens (tertiary/aromatic N) is 1. The Morgan fingerprint density at radius 1 is 0.938 bits per heavy atom. The van der Waals surface area contributed by atoms with E-state index in [1.54, 1.807) is 12.1 Å². The zero-order valence-electron chi connectivity index (χ0n) is 17.4. The monoisotopic (exact) mass is 478 g/mol. The molecule has 0 atom stereocenters. The predicted molar refractivity (Wildman–Crippen MR) is 122 cm³/mol. The average Bonchev–Trinajstić information content (AvgIpc) is 2.70. The number of rotatable bonds is 7. The van der Waals surface area contributed by atoms with Gasteiger partial charge in [0.1, 0.15) is 0 Å². The quantitative estimate of drug-likeness (QED) is 0.490. The van der Waals surface area contributed by atoms with Crippen molar-refractivity contribution in [2.45, 2.75) is 25.2 Å². The van der Waals surface area contributed by atoms with Crippen LogP contribution in [0.3, 0.4) is 0 Å². The second-order valence-corrected chi connectivity index (χ2v) is 9.60. The van der Waals surface area contributed by atoms with Crippen LogP contribution in [-0.2, 0) is 14.8 Å². The molecule has 0 heterocycles. The molecule has 0 aliphatic heterocycles. The Morgan fingerprint density at radius 2 is 1.56 bits per heavy atom. The zero-order valence-corrected chi connectivity index (χ0v) is 19.0. The minimum absolute atomic E-state index is 0.0297. The number of hydrogen-bond acceptors (Lipinski definition) is 3. The van der Waals surface area contributed by atoms with Crippen LogP contribution in [0.15, 0.2) is 65.6 Å². The summed E-state index contributed by atoms with van der Waals surface area (Å²) in [6.07, 6.45) is -0.210. The van der Waals surface area contributed by atoms with Gasteiger partial charge in [-0.05, 0) is 73.5 Å². The molecule has 0 aliphatic carbocycles. The van der Waals surface area contributed by atoms with Gasteiger partial charge in [-0.15, -0.1) is 0 Å². The molecule has 32 heavy (non-hydrogen) atoms.